The highest BCUT2D eigenvalue weighted by Gasteiger charge is 2.11. The first kappa shape index (κ1) is 16.0. The van der Waals surface area contributed by atoms with Gasteiger partial charge in [-0.2, -0.15) is 0 Å². The molecular weight excluding hydrogens is 232 g/mol. The van der Waals surface area contributed by atoms with E-state index in [0.29, 0.717) is 0 Å². The van der Waals surface area contributed by atoms with Gasteiger partial charge in [0.2, 0.25) is 0 Å². The quantitative estimate of drug-likeness (QED) is 0.605. The first-order chi connectivity index (χ1) is 9.29. The molecule has 0 aliphatic carbocycles. The third-order valence-corrected chi connectivity index (χ3v) is 3.61. The van der Waals surface area contributed by atoms with Gasteiger partial charge in [0, 0.05) is 0 Å². The number of unbranched alkanes of at least 4 members (excludes halogenated alkanes) is 5. The van der Waals surface area contributed by atoms with Crippen LogP contribution in [0.5, 0.6) is 0 Å². The Morgan fingerprint density at radius 2 is 1.68 bits per heavy atom. The Morgan fingerprint density at radius 3 is 2.32 bits per heavy atom. The second-order valence-corrected chi connectivity index (χ2v) is 5.18. The molecule has 0 amide bonds. The van der Waals surface area contributed by atoms with Crippen molar-refractivity contribution in [1.29, 1.82) is 0 Å². The fourth-order valence-corrected chi connectivity index (χ4v) is 2.46. The second kappa shape index (κ2) is 9.80. The van der Waals surface area contributed by atoms with Gasteiger partial charge < -0.3 is 5.11 Å². The van der Waals surface area contributed by atoms with E-state index < -0.39 is 0 Å². The lowest BCUT2D eigenvalue weighted by Gasteiger charge is -2.15. The van der Waals surface area contributed by atoms with Crippen LogP contribution in [0.3, 0.4) is 0 Å². The Kier molecular flexibility index (Phi) is 8.24. The van der Waals surface area contributed by atoms with E-state index in [2.05, 4.69) is 19.1 Å². The van der Waals surface area contributed by atoms with Crippen molar-refractivity contribution in [2.45, 2.75) is 64.9 Å². The molecule has 0 aromatic heterocycles. The Morgan fingerprint density at radius 1 is 1.05 bits per heavy atom. The summed E-state index contributed by atoms with van der Waals surface area (Å²) >= 11 is 0. The number of allylic oxidation sites excluding steroid dienone is 1. The van der Waals surface area contributed by atoms with Crippen LogP contribution in [0.1, 0.15) is 64.4 Å². The predicted molar refractivity (Wildman–Crippen MR) is 84.1 cm³/mol. The molecule has 0 fully saturated rings. The minimum atomic E-state index is -0.321. The van der Waals surface area contributed by atoms with Crippen molar-refractivity contribution in [3.8, 4) is 0 Å². The van der Waals surface area contributed by atoms with Gasteiger partial charge in [-0.1, -0.05) is 81.9 Å². The summed E-state index contributed by atoms with van der Waals surface area (Å²) in [4.78, 5) is 0. The molecule has 1 N–H and O–H groups in total. The van der Waals surface area contributed by atoms with Gasteiger partial charge in [-0.3, -0.25) is 0 Å². The van der Waals surface area contributed by atoms with E-state index in [1.54, 1.807) is 0 Å². The lowest BCUT2D eigenvalue weighted by atomic mass is 9.96. The van der Waals surface area contributed by atoms with Crippen molar-refractivity contribution < 1.29 is 5.11 Å². The summed E-state index contributed by atoms with van der Waals surface area (Å²) in [6.45, 7) is 4.24. The maximum absolute atomic E-state index is 10.3. The predicted octanol–water partition coefficient (Wildman–Crippen LogP) is 5.20. The van der Waals surface area contributed by atoms with Crippen LogP contribution in [0.2, 0.25) is 0 Å². The molecule has 0 aliphatic rings. The molecule has 0 bridgehead atoms. The first-order valence-corrected chi connectivity index (χ1v) is 7.69. The Bertz CT molecular complexity index is 353. The average Bonchev–Trinajstić information content (AvgIpc) is 2.45. The smallest absolute Gasteiger partial charge is 0.0792 e. The Balaban J connectivity index is 2.33. The molecule has 19 heavy (non-hydrogen) atoms. The normalized spacial score (nSPS) is 13.5. The zero-order chi connectivity index (χ0) is 13.9. The van der Waals surface area contributed by atoms with Crippen molar-refractivity contribution in [2.75, 3.05) is 0 Å². The number of aliphatic hydroxyl groups is 1. The largest absolute Gasteiger partial charge is 0.388 e. The van der Waals surface area contributed by atoms with E-state index in [4.69, 9.17) is 0 Å². The van der Waals surface area contributed by atoms with E-state index in [1.807, 2.05) is 31.2 Å². The van der Waals surface area contributed by atoms with Gasteiger partial charge in [-0.25, -0.2) is 0 Å². The molecule has 0 saturated carbocycles. The van der Waals surface area contributed by atoms with E-state index in [9.17, 15) is 5.11 Å². The van der Waals surface area contributed by atoms with E-state index in [1.165, 1.54) is 32.1 Å². The van der Waals surface area contributed by atoms with Crippen LogP contribution in [-0.4, -0.2) is 11.2 Å². The maximum atomic E-state index is 10.3. The van der Waals surface area contributed by atoms with Crippen LogP contribution in [0.15, 0.2) is 36.4 Å². The van der Waals surface area contributed by atoms with E-state index in [-0.39, 0.29) is 6.10 Å². The minimum Gasteiger partial charge on any atom is -0.388 e. The van der Waals surface area contributed by atoms with Gasteiger partial charge in [0.15, 0.2) is 0 Å². The van der Waals surface area contributed by atoms with Gasteiger partial charge in [0.1, 0.15) is 0 Å². The topological polar surface area (TPSA) is 20.2 Å². The van der Waals surface area contributed by atoms with Crippen molar-refractivity contribution in [3.05, 3.63) is 42.0 Å². The van der Waals surface area contributed by atoms with Crippen molar-refractivity contribution >= 4 is 5.57 Å². The summed E-state index contributed by atoms with van der Waals surface area (Å²) in [5.74, 6) is 0. The average molecular weight is 260 g/mol. The van der Waals surface area contributed by atoms with Crippen molar-refractivity contribution in [3.63, 3.8) is 0 Å². The Hall–Kier alpha value is -1.08. The molecule has 1 nitrogen and oxygen atoms in total. The minimum absolute atomic E-state index is 0.321. The van der Waals surface area contributed by atoms with E-state index >= 15 is 0 Å². The zero-order valence-corrected chi connectivity index (χ0v) is 12.4. The Labute approximate surface area is 118 Å². The summed E-state index contributed by atoms with van der Waals surface area (Å²) in [6, 6.07) is 10.2. The fourth-order valence-electron chi connectivity index (χ4n) is 2.46. The molecule has 1 unspecified atom stereocenters. The molecule has 0 aliphatic heterocycles. The first-order valence-electron chi connectivity index (χ1n) is 7.69. The molecule has 106 valence electrons. The summed E-state index contributed by atoms with van der Waals surface area (Å²) in [7, 11) is 0. The van der Waals surface area contributed by atoms with Crippen molar-refractivity contribution in [2.24, 2.45) is 0 Å². The van der Waals surface area contributed by atoms with Crippen LogP contribution < -0.4 is 0 Å². The molecule has 0 heterocycles. The number of benzene rings is 1. The monoisotopic (exact) mass is 260 g/mol. The van der Waals surface area contributed by atoms with Gasteiger partial charge >= 0.3 is 0 Å². The lowest BCUT2D eigenvalue weighted by Crippen LogP contribution is -2.09. The molecule has 1 rings (SSSR count). The molecule has 1 atom stereocenters. The van der Waals surface area contributed by atoms with Gasteiger partial charge in [-0.15, -0.1) is 0 Å². The highest BCUT2D eigenvalue weighted by atomic mass is 16.3. The number of aliphatic hydroxyl groups excluding tert-OH is 1. The second-order valence-electron chi connectivity index (χ2n) is 5.18. The third kappa shape index (κ3) is 6.07. The highest BCUT2D eigenvalue weighted by Crippen LogP contribution is 2.22. The lowest BCUT2D eigenvalue weighted by molar-refractivity contribution is 0.217. The summed E-state index contributed by atoms with van der Waals surface area (Å²) in [5.41, 5.74) is 2.21. The SMILES string of the molecule is C/C=C(\c1ccccc1)C(O)CCCCCCCC. The van der Waals surface area contributed by atoms with Crippen LogP contribution in [0.25, 0.3) is 5.57 Å². The van der Waals surface area contributed by atoms with Gasteiger partial charge in [-0.05, 0) is 24.5 Å². The highest BCUT2D eigenvalue weighted by molar-refractivity contribution is 5.68. The summed E-state index contributed by atoms with van der Waals surface area (Å²) < 4.78 is 0. The summed E-state index contributed by atoms with van der Waals surface area (Å²) in [6.07, 6.45) is 10.2. The summed E-state index contributed by atoms with van der Waals surface area (Å²) in [5, 5.41) is 10.3. The molecule has 1 heteroatoms. The number of hydrogen-bond acceptors (Lipinski definition) is 1. The molecule has 0 saturated heterocycles. The van der Waals surface area contributed by atoms with Crippen LogP contribution in [-0.2, 0) is 0 Å². The standard InChI is InChI=1S/C18H28O/c1-3-5-6-7-8-12-15-18(19)17(4-2)16-13-10-9-11-14-16/h4,9-11,13-14,18-19H,3,5-8,12,15H2,1-2H3/b17-4+. The van der Waals surface area contributed by atoms with Crippen LogP contribution in [0, 0.1) is 0 Å². The fraction of sp³-hybridized carbons (Fsp3) is 0.556. The molecule has 0 spiro atoms. The van der Waals surface area contributed by atoms with Crippen LogP contribution in [0.4, 0.5) is 0 Å². The van der Waals surface area contributed by atoms with Crippen LogP contribution >= 0.6 is 0 Å². The number of rotatable bonds is 9. The molecule has 1 aromatic rings. The van der Waals surface area contributed by atoms with Crippen molar-refractivity contribution in [1.82, 2.24) is 0 Å². The third-order valence-electron chi connectivity index (χ3n) is 3.61. The molecular formula is C18H28O. The molecule has 1 aromatic carbocycles. The zero-order valence-electron chi connectivity index (χ0n) is 12.4. The number of hydrogen-bond donors (Lipinski definition) is 1. The molecule has 0 radical (unpaired) electrons. The van der Waals surface area contributed by atoms with E-state index in [0.717, 1.165) is 24.0 Å². The van der Waals surface area contributed by atoms with Gasteiger partial charge in [0.05, 0.1) is 6.10 Å². The van der Waals surface area contributed by atoms with Gasteiger partial charge in [0.25, 0.3) is 0 Å². The maximum Gasteiger partial charge on any atom is 0.0792 e.